The maximum Gasteiger partial charge on any atom is 0.275 e. The van der Waals surface area contributed by atoms with Gasteiger partial charge in [0.25, 0.3) is 5.91 Å². The zero-order valence-electron chi connectivity index (χ0n) is 15.5. The standard InChI is InChI=1S/C20H17N3O3S2/c1-11-21-14-6-5-13(9-18(14)28-11)22-19(24)15-10-27-20(23-15)12-4-7-16(25-2)17(8-12)26-3/h4-10H,1-3H3,(H,22,24). The molecule has 0 radical (unpaired) electrons. The van der Waals surface area contributed by atoms with Gasteiger partial charge in [-0.1, -0.05) is 0 Å². The first-order valence-electron chi connectivity index (χ1n) is 8.44. The second kappa shape index (κ2) is 7.57. The number of nitrogens with one attached hydrogen (secondary N) is 1. The normalized spacial score (nSPS) is 10.8. The minimum atomic E-state index is -0.247. The molecule has 1 amide bonds. The Bertz CT molecular complexity index is 1170. The third-order valence-electron chi connectivity index (χ3n) is 4.12. The molecule has 2 aromatic heterocycles. The second-order valence-electron chi connectivity index (χ2n) is 5.98. The average Bonchev–Trinajstić information content (AvgIpc) is 3.33. The summed E-state index contributed by atoms with van der Waals surface area (Å²) in [6.07, 6.45) is 0. The Balaban J connectivity index is 1.55. The first kappa shape index (κ1) is 18.4. The lowest BCUT2D eigenvalue weighted by Crippen LogP contribution is -2.12. The lowest BCUT2D eigenvalue weighted by atomic mass is 10.2. The zero-order chi connectivity index (χ0) is 19.7. The highest BCUT2D eigenvalue weighted by atomic mass is 32.1. The maximum atomic E-state index is 12.6. The Morgan fingerprint density at radius 3 is 2.64 bits per heavy atom. The predicted molar refractivity (Wildman–Crippen MR) is 113 cm³/mol. The van der Waals surface area contributed by atoms with Gasteiger partial charge in [0.05, 0.1) is 29.4 Å². The number of ether oxygens (including phenoxy) is 2. The van der Waals surface area contributed by atoms with Crippen molar-refractivity contribution in [1.29, 1.82) is 0 Å². The monoisotopic (exact) mass is 411 g/mol. The van der Waals surface area contributed by atoms with Crippen molar-refractivity contribution < 1.29 is 14.3 Å². The van der Waals surface area contributed by atoms with E-state index in [1.807, 2.05) is 43.3 Å². The predicted octanol–water partition coefficient (Wildman–Crippen LogP) is 5.00. The number of thiazole rings is 2. The summed E-state index contributed by atoms with van der Waals surface area (Å²) in [5, 5.41) is 6.38. The van der Waals surface area contributed by atoms with Gasteiger partial charge in [0.15, 0.2) is 11.5 Å². The van der Waals surface area contributed by atoms with Crippen molar-refractivity contribution in [2.24, 2.45) is 0 Å². The molecule has 0 bridgehead atoms. The van der Waals surface area contributed by atoms with Crippen LogP contribution in [0.1, 0.15) is 15.5 Å². The van der Waals surface area contributed by atoms with E-state index in [2.05, 4.69) is 15.3 Å². The fourth-order valence-corrected chi connectivity index (χ4v) is 4.46. The molecule has 6 nitrogen and oxygen atoms in total. The Morgan fingerprint density at radius 2 is 1.86 bits per heavy atom. The number of benzene rings is 2. The molecular formula is C20H17N3O3S2. The van der Waals surface area contributed by atoms with Gasteiger partial charge in [0, 0.05) is 16.6 Å². The van der Waals surface area contributed by atoms with Crippen LogP contribution >= 0.6 is 22.7 Å². The summed E-state index contributed by atoms with van der Waals surface area (Å²) in [7, 11) is 3.18. The molecule has 0 saturated carbocycles. The molecule has 0 aliphatic rings. The number of hydrogen-bond acceptors (Lipinski definition) is 7. The minimum Gasteiger partial charge on any atom is -0.493 e. The number of fused-ring (bicyclic) bond motifs is 1. The van der Waals surface area contributed by atoms with E-state index in [1.54, 1.807) is 30.9 Å². The molecule has 4 rings (SSSR count). The number of hydrogen-bond donors (Lipinski definition) is 1. The van der Waals surface area contributed by atoms with Crippen molar-refractivity contribution >= 4 is 44.5 Å². The molecule has 0 saturated heterocycles. The third kappa shape index (κ3) is 3.56. The van der Waals surface area contributed by atoms with Gasteiger partial charge in [0.2, 0.25) is 0 Å². The maximum absolute atomic E-state index is 12.6. The Labute approximate surface area is 169 Å². The summed E-state index contributed by atoms with van der Waals surface area (Å²) in [6, 6.07) is 11.2. The Morgan fingerprint density at radius 1 is 1.04 bits per heavy atom. The second-order valence-corrected chi connectivity index (χ2v) is 8.07. The van der Waals surface area contributed by atoms with E-state index in [4.69, 9.17) is 9.47 Å². The number of aromatic nitrogens is 2. The molecule has 2 heterocycles. The molecule has 0 fully saturated rings. The van der Waals surface area contributed by atoms with Crippen molar-refractivity contribution in [3.05, 3.63) is 52.5 Å². The number of anilines is 1. The SMILES string of the molecule is COc1ccc(-c2nc(C(=O)Nc3ccc4nc(C)sc4c3)cs2)cc1OC. The topological polar surface area (TPSA) is 73.3 Å². The fraction of sp³-hybridized carbons (Fsp3) is 0.150. The quantitative estimate of drug-likeness (QED) is 0.500. The van der Waals surface area contributed by atoms with Gasteiger partial charge in [0.1, 0.15) is 10.7 Å². The number of carbonyl (C=O) groups excluding carboxylic acids is 1. The van der Waals surface area contributed by atoms with E-state index in [-0.39, 0.29) is 5.91 Å². The molecule has 1 N–H and O–H groups in total. The van der Waals surface area contributed by atoms with Gasteiger partial charge in [-0.05, 0) is 43.3 Å². The van der Waals surface area contributed by atoms with Gasteiger partial charge in [-0.2, -0.15) is 0 Å². The minimum absolute atomic E-state index is 0.247. The molecule has 0 unspecified atom stereocenters. The van der Waals surface area contributed by atoms with Crippen LogP contribution in [0.2, 0.25) is 0 Å². The number of rotatable bonds is 5. The molecule has 142 valence electrons. The summed E-state index contributed by atoms with van der Waals surface area (Å²) in [6.45, 7) is 1.97. The van der Waals surface area contributed by atoms with Crippen molar-refractivity contribution in [1.82, 2.24) is 9.97 Å². The fourth-order valence-electron chi connectivity index (χ4n) is 2.79. The number of methoxy groups -OCH3 is 2. The summed E-state index contributed by atoms with van der Waals surface area (Å²) < 4.78 is 11.6. The molecule has 0 spiro atoms. The first-order chi connectivity index (χ1) is 13.6. The van der Waals surface area contributed by atoms with Gasteiger partial charge in [-0.15, -0.1) is 22.7 Å². The van der Waals surface area contributed by atoms with E-state index in [1.165, 1.54) is 11.3 Å². The number of carbonyl (C=O) groups is 1. The number of nitrogens with zero attached hydrogens (tertiary/aromatic N) is 2. The van der Waals surface area contributed by atoms with Crippen LogP contribution in [0.3, 0.4) is 0 Å². The first-order valence-corrected chi connectivity index (χ1v) is 10.1. The largest absolute Gasteiger partial charge is 0.493 e. The highest BCUT2D eigenvalue weighted by Gasteiger charge is 2.14. The van der Waals surface area contributed by atoms with Crippen LogP contribution in [0, 0.1) is 6.92 Å². The molecule has 4 aromatic rings. The third-order valence-corrected chi connectivity index (χ3v) is 5.95. The summed E-state index contributed by atoms with van der Waals surface area (Å²) in [5.41, 5.74) is 2.89. The van der Waals surface area contributed by atoms with E-state index in [0.717, 1.165) is 31.5 Å². The van der Waals surface area contributed by atoms with Crippen molar-refractivity contribution in [3.63, 3.8) is 0 Å². The van der Waals surface area contributed by atoms with Crippen LogP contribution in [0.15, 0.2) is 41.8 Å². The van der Waals surface area contributed by atoms with Gasteiger partial charge in [-0.3, -0.25) is 4.79 Å². The van der Waals surface area contributed by atoms with Crippen molar-refractivity contribution in [3.8, 4) is 22.1 Å². The van der Waals surface area contributed by atoms with Crippen LogP contribution < -0.4 is 14.8 Å². The van der Waals surface area contributed by atoms with E-state index in [0.29, 0.717) is 17.2 Å². The smallest absolute Gasteiger partial charge is 0.275 e. The lowest BCUT2D eigenvalue weighted by Gasteiger charge is -2.08. The number of aryl methyl sites for hydroxylation is 1. The van der Waals surface area contributed by atoms with Crippen LogP contribution in [-0.2, 0) is 0 Å². The van der Waals surface area contributed by atoms with Crippen LogP contribution in [-0.4, -0.2) is 30.1 Å². The van der Waals surface area contributed by atoms with Crippen LogP contribution in [0.4, 0.5) is 5.69 Å². The molecule has 28 heavy (non-hydrogen) atoms. The Hall–Kier alpha value is -2.97. The van der Waals surface area contributed by atoms with Crippen molar-refractivity contribution in [2.75, 3.05) is 19.5 Å². The van der Waals surface area contributed by atoms with E-state index in [9.17, 15) is 4.79 Å². The summed E-state index contributed by atoms with van der Waals surface area (Å²) in [4.78, 5) is 21.5. The molecule has 0 aliphatic carbocycles. The van der Waals surface area contributed by atoms with Gasteiger partial charge >= 0.3 is 0 Å². The van der Waals surface area contributed by atoms with Crippen LogP contribution in [0.5, 0.6) is 11.5 Å². The van der Waals surface area contributed by atoms with Crippen molar-refractivity contribution in [2.45, 2.75) is 6.92 Å². The van der Waals surface area contributed by atoms with E-state index >= 15 is 0 Å². The summed E-state index contributed by atoms with van der Waals surface area (Å²) >= 11 is 3.00. The van der Waals surface area contributed by atoms with E-state index < -0.39 is 0 Å². The van der Waals surface area contributed by atoms with Crippen LogP contribution in [0.25, 0.3) is 20.8 Å². The molecular weight excluding hydrogens is 394 g/mol. The highest BCUT2D eigenvalue weighted by Crippen LogP contribution is 2.33. The molecule has 2 aromatic carbocycles. The number of amides is 1. The zero-order valence-corrected chi connectivity index (χ0v) is 17.1. The molecule has 0 atom stereocenters. The Kier molecular flexibility index (Phi) is 4.97. The molecule has 8 heteroatoms. The summed E-state index contributed by atoms with van der Waals surface area (Å²) in [5.74, 6) is 1.02. The lowest BCUT2D eigenvalue weighted by molar-refractivity contribution is 0.102. The average molecular weight is 412 g/mol. The van der Waals surface area contributed by atoms with Gasteiger partial charge in [-0.25, -0.2) is 9.97 Å². The highest BCUT2D eigenvalue weighted by molar-refractivity contribution is 7.18. The van der Waals surface area contributed by atoms with Gasteiger partial charge < -0.3 is 14.8 Å². The molecule has 0 aliphatic heterocycles.